The fourth-order valence-corrected chi connectivity index (χ4v) is 1.43. The van der Waals surface area contributed by atoms with Crippen LogP contribution < -0.4 is 0 Å². The molecule has 0 aromatic heterocycles. The van der Waals surface area contributed by atoms with Crippen LogP contribution in [0.1, 0.15) is 12.8 Å². The summed E-state index contributed by atoms with van der Waals surface area (Å²) >= 11 is 0. The van der Waals surface area contributed by atoms with Crippen LogP contribution in [-0.2, 0) is 0 Å². The molecule has 1 saturated heterocycles. The van der Waals surface area contributed by atoms with Gasteiger partial charge in [0.15, 0.2) is 0 Å². The molecule has 1 aliphatic heterocycles. The molecule has 0 amide bonds. The van der Waals surface area contributed by atoms with Gasteiger partial charge in [-0.3, -0.25) is 4.90 Å². The van der Waals surface area contributed by atoms with Gasteiger partial charge in [0.1, 0.15) is 0 Å². The van der Waals surface area contributed by atoms with Crippen molar-refractivity contribution in [2.24, 2.45) is 5.92 Å². The largest absolute Gasteiger partial charge is 0.300 e. The van der Waals surface area contributed by atoms with Crippen LogP contribution in [0.5, 0.6) is 0 Å². The van der Waals surface area contributed by atoms with Crippen LogP contribution in [-0.4, -0.2) is 24.5 Å². The number of nitrogens with zero attached hydrogens (tertiary/aromatic N) is 2. The predicted molar refractivity (Wildman–Crippen MR) is 45.0 cm³/mol. The van der Waals surface area contributed by atoms with Crippen LogP contribution in [0, 0.1) is 17.2 Å². The van der Waals surface area contributed by atoms with Gasteiger partial charge >= 0.3 is 0 Å². The lowest BCUT2D eigenvalue weighted by Gasteiger charge is -2.27. The Bertz CT molecular complexity index is 161. The van der Waals surface area contributed by atoms with E-state index in [9.17, 15) is 0 Å². The maximum atomic E-state index is 8.62. The van der Waals surface area contributed by atoms with E-state index < -0.39 is 0 Å². The van der Waals surface area contributed by atoms with Crippen LogP contribution in [0.25, 0.3) is 0 Å². The molecule has 0 aromatic rings. The smallest absolute Gasteiger partial charge is 0.0656 e. The summed E-state index contributed by atoms with van der Waals surface area (Å²) in [6, 6.07) is 2.31. The molecule has 0 saturated carbocycles. The van der Waals surface area contributed by atoms with Crippen molar-refractivity contribution in [3.63, 3.8) is 0 Å². The third-order valence-electron chi connectivity index (χ3n) is 2.16. The third kappa shape index (κ3) is 2.36. The van der Waals surface area contributed by atoms with Gasteiger partial charge in [0, 0.05) is 12.5 Å². The normalized spacial score (nSPS) is 21.0. The van der Waals surface area contributed by atoms with E-state index in [2.05, 4.69) is 17.5 Å². The monoisotopic (exact) mass is 150 g/mol. The molecular weight excluding hydrogens is 136 g/mol. The van der Waals surface area contributed by atoms with Gasteiger partial charge in [0.05, 0.1) is 6.07 Å². The lowest BCUT2D eigenvalue weighted by atomic mass is 9.99. The third-order valence-corrected chi connectivity index (χ3v) is 2.16. The van der Waals surface area contributed by atoms with Gasteiger partial charge in [-0.1, -0.05) is 6.08 Å². The lowest BCUT2D eigenvalue weighted by Crippen LogP contribution is -2.33. The average molecular weight is 150 g/mol. The first kappa shape index (κ1) is 8.29. The summed E-state index contributed by atoms with van der Waals surface area (Å²) in [5.74, 6) is 0.302. The molecule has 0 N–H and O–H groups in total. The summed E-state index contributed by atoms with van der Waals surface area (Å²) in [6.07, 6.45) is 3.99. The van der Waals surface area contributed by atoms with Crippen molar-refractivity contribution in [2.45, 2.75) is 12.8 Å². The summed E-state index contributed by atoms with van der Waals surface area (Å²) in [4.78, 5) is 2.33. The van der Waals surface area contributed by atoms with E-state index in [-0.39, 0.29) is 0 Å². The summed E-state index contributed by atoms with van der Waals surface area (Å²) in [5.41, 5.74) is 0. The maximum absolute atomic E-state index is 8.62. The quantitative estimate of drug-likeness (QED) is 0.556. The average Bonchev–Trinajstić information content (AvgIpc) is 2.07. The van der Waals surface area contributed by atoms with Gasteiger partial charge < -0.3 is 0 Å². The van der Waals surface area contributed by atoms with Crippen molar-refractivity contribution in [3.8, 4) is 6.07 Å². The molecule has 0 unspecified atom stereocenters. The van der Waals surface area contributed by atoms with Crippen molar-refractivity contribution in [1.82, 2.24) is 4.90 Å². The van der Waals surface area contributed by atoms with Crippen LogP contribution in [0.15, 0.2) is 12.7 Å². The van der Waals surface area contributed by atoms with Crippen LogP contribution in [0.3, 0.4) is 0 Å². The Balaban J connectivity index is 2.25. The summed E-state index contributed by atoms with van der Waals surface area (Å²) in [5, 5.41) is 8.62. The molecule has 0 bridgehead atoms. The lowest BCUT2D eigenvalue weighted by molar-refractivity contribution is 0.225. The minimum atomic E-state index is 0.302. The summed E-state index contributed by atoms with van der Waals surface area (Å²) in [7, 11) is 0. The molecule has 1 aliphatic rings. The van der Waals surface area contributed by atoms with Gasteiger partial charge in [-0.15, -0.1) is 6.58 Å². The molecule has 1 heterocycles. The van der Waals surface area contributed by atoms with E-state index in [0.29, 0.717) is 5.92 Å². The fraction of sp³-hybridized carbons (Fsp3) is 0.667. The van der Waals surface area contributed by atoms with Gasteiger partial charge in [0.2, 0.25) is 0 Å². The summed E-state index contributed by atoms with van der Waals surface area (Å²) < 4.78 is 0. The Morgan fingerprint density at radius 1 is 1.55 bits per heavy atom. The molecule has 0 spiro atoms. The molecule has 0 atom stereocenters. The van der Waals surface area contributed by atoms with Crippen molar-refractivity contribution in [1.29, 1.82) is 5.26 Å². The van der Waals surface area contributed by atoms with Crippen LogP contribution in [0.4, 0.5) is 0 Å². The number of hydrogen-bond acceptors (Lipinski definition) is 2. The maximum Gasteiger partial charge on any atom is 0.0656 e. The molecule has 11 heavy (non-hydrogen) atoms. The number of rotatable bonds is 2. The standard InChI is InChI=1S/C9H14N2/c1-2-5-11-6-3-9(8-10)4-7-11/h2,9H,1,3-7H2. The first-order valence-corrected chi connectivity index (χ1v) is 4.09. The SMILES string of the molecule is C=CCN1CCC(C#N)CC1. The number of nitriles is 1. The molecule has 1 fully saturated rings. The van der Waals surface area contributed by atoms with Crippen LogP contribution in [0.2, 0.25) is 0 Å². The van der Waals surface area contributed by atoms with Crippen molar-refractivity contribution < 1.29 is 0 Å². The molecule has 2 heteroatoms. The highest BCUT2D eigenvalue weighted by Gasteiger charge is 2.16. The van der Waals surface area contributed by atoms with Gasteiger partial charge in [-0.05, 0) is 25.9 Å². The topological polar surface area (TPSA) is 27.0 Å². The Morgan fingerprint density at radius 3 is 2.64 bits per heavy atom. The van der Waals surface area contributed by atoms with E-state index in [1.54, 1.807) is 0 Å². The zero-order valence-corrected chi connectivity index (χ0v) is 6.79. The van der Waals surface area contributed by atoms with Gasteiger partial charge in [0.25, 0.3) is 0 Å². The minimum absolute atomic E-state index is 0.302. The molecule has 1 rings (SSSR count). The van der Waals surface area contributed by atoms with E-state index in [1.807, 2.05) is 6.08 Å². The van der Waals surface area contributed by atoms with Crippen molar-refractivity contribution in [2.75, 3.05) is 19.6 Å². The Morgan fingerprint density at radius 2 is 2.18 bits per heavy atom. The zero-order valence-electron chi connectivity index (χ0n) is 6.79. The minimum Gasteiger partial charge on any atom is -0.300 e. The molecule has 0 aromatic carbocycles. The van der Waals surface area contributed by atoms with E-state index >= 15 is 0 Å². The first-order chi connectivity index (χ1) is 5.36. The molecule has 2 nitrogen and oxygen atoms in total. The number of hydrogen-bond donors (Lipinski definition) is 0. The Kier molecular flexibility index (Phi) is 3.13. The highest BCUT2D eigenvalue weighted by molar-refractivity contribution is 4.88. The Labute approximate surface area is 68.1 Å². The second kappa shape index (κ2) is 4.15. The predicted octanol–water partition coefficient (Wildman–Crippen LogP) is 1.41. The molecule has 0 aliphatic carbocycles. The highest BCUT2D eigenvalue weighted by Crippen LogP contribution is 2.15. The number of likely N-dealkylation sites (tertiary alicyclic amines) is 1. The van der Waals surface area contributed by atoms with E-state index in [0.717, 1.165) is 32.5 Å². The highest BCUT2D eigenvalue weighted by atomic mass is 15.1. The summed E-state index contributed by atoms with van der Waals surface area (Å²) in [6.45, 7) is 6.78. The van der Waals surface area contributed by atoms with Crippen molar-refractivity contribution >= 4 is 0 Å². The fourth-order valence-electron chi connectivity index (χ4n) is 1.43. The second-order valence-corrected chi connectivity index (χ2v) is 2.99. The number of piperidine rings is 1. The van der Waals surface area contributed by atoms with E-state index in [1.165, 1.54) is 0 Å². The molecule has 60 valence electrons. The van der Waals surface area contributed by atoms with Gasteiger partial charge in [-0.2, -0.15) is 5.26 Å². The van der Waals surface area contributed by atoms with E-state index in [4.69, 9.17) is 5.26 Å². The molecular formula is C9H14N2. The second-order valence-electron chi connectivity index (χ2n) is 2.99. The molecule has 0 radical (unpaired) electrons. The van der Waals surface area contributed by atoms with Gasteiger partial charge in [-0.25, -0.2) is 0 Å². The first-order valence-electron chi connectivity index (χ1n) is 4.09. The Hall–Kier alpha value is -0.810. The zero-order chi connectivity index (χ0) is 8.10. The van der Waals surface area contributed by atoms with Crippen LogP contribution >= 0.6 is 0 Å². The van der Waals surface area contributed by atoms with Crippen molar-refractivity contribution in [3.05, 3.63) is 12.7 Å².